The van der Waals surface area contributed by atoms with Crippen LogP contribution in [0.5, 0.6) is 0 Å². The molecule has 0 radical (unpaired) electrons. The lowest BCUT2D eigenvalue weighted by atomic mass is 10.1. The first-order valence-corrected chi connectivity index (χ1v) is 10.9. The second-order valence-electron chi connectivity index (χ2n) is 7.88. The van der Waals surface area contributed by atoms with Gasteiger partial charge in [0.15, 0.2) is 5.03 Å². The highest BCUT2D eigenvalue weighted by Gasteiger charge is 2.28. The highest BCUT2D eigenvalue weighted by atomic mass is 32.2. The van der Waals surface area contributed by atoms with Crippen LogP contribution in [0.2, 0.25) is 0 Å². The molecule has 0 N–H and O–H groups in total. The van der Waals surface area contributed by atoms with Crippen molar-refractivity contribution in [1.82, 2.24) is 9.78 Å². The van der Waals surface area contributed by atoms with Gasteiger partial charge in [-0.3, -0.25) is 8.99 Å². The van der Waals surface area contributed by atoms with Crippen molar-refractivity contribution in [3.63, 3.8) is 0 Å². The van der Waals surface area contributed by atoms with Gasteiger partial charge in [0.2, 0.25) is 0 Å². The van der Waals surface area contributed by atoms with E-state index in [-0.39, 0.29) is 17.1 Å². The lowest BCUT2D eigenvalue weighted by molar-refractivity contribution is 0.00695. The molecule has 0 bridgehead atoms. The average Bonchev–Trinajstić information content (AvgIpc) is 3.13. The minimum absolute atomic E-state index is 0.0661. The third-order valence-electron chi connectivity index (χ3n) is 4.18. The average molecular weight is 428 g/mol. The number of anilines is 1. The van der Waals surface area contributed by atoms with Crippen LogP contribution in [-0.4, -0.2) is 29.8 Å². The maximum absolute atomic E-state index is 13.4. The van der Waals surface area contributed by atoms with E-state index in [2.05, 4.69) is 5.10 Å². The molecule has 0 fully saturated rings. The highest BCUT2D eigenvalue weighted by molar-refractivity contribution is 7.92. The number of nitrogens with zero attached hydrogens (tertiary/aromatic N) is 3. The van der Waals surface area contributed by atoms with Gasteiger partial charge >= 0.3 is 5.97 Å². The molecule has 0 saturated heterocycles. The molecule has 1 heterocycles. The van der Waals surface area contributed by atoms with Crippen LogP contribution in [0.25, 0.3) is 0 Å². The summed E-state index contributed by atoms with van der Waals surface area (Å²) in [4.78, 5) is 12.5. The summed E-state index contributed by atoms with van der Waals surface area (Å²) in [5.74, 6) is -0.515. The van der Waals surface area contributed by atoms with Crippen molar-refractivity contribution in [3.8, 4) is 0 Å². The molecule has 30 heavy (non-hydrogen) atoms. The molecule has 0 atom stereocenters. The van der Waals surface area contributed by atoms with Gasteiger partial charge in [-0.25, -0.2) is 4.79 Å². The van der Waals surface area contributed by atoms with Crippen molar-refractivity contribution in [2.45, 2.75) is 37.9 Å². The summed E-state index contributed by atoms with van der Waals surface area (Å²) >= 11 is 0. The summed E-state index contributed by atoms with van der Waals surface area (Å²) in [5, 5.41) is 4.01. The van der Waals surface area contributed by atoms with Crippen molar-refractivity contribution in [3.05, 3.63) is 78.0 Å². The largest absolute Gasteiger partial charge is 0.456 e. The monoisotopic (exact) mass is 427 g/mol. The normalized spacial score (nSPS) is 11.9. The Kier molecular flexibility index (Phi) is 5.98. The second-order valence-corrected chi connectivity index (χ2v) is 9.69. The smallest absolute Gasteiger partial charge is 0.338 e. The molecule has 0 aliphatic rings. The fourth-order valence-corrected chi connectivity index (χ4v) is 4.23. The Morgan fingerprint density at radius 3 is 2.37 bits per heavy atom. The number of carbonyl (C=O) groups is 1. The third-order valence-corrected chi connectivity index (χ3v) is 5.85. The van der Waals surface area contributed by atoms with Crippen molar-refractivity contribution in [2.75, 3.05) is 4.31 Å². The lowest BCUT2D eigenvalue weighted by Crippen LogP contribution is -2.31. The molecular formula is C22H25N3O4S. The zero-order chi connectivity index (χ0) is 21.9. The topological polar surface area (TPSA) is 81.5 Å². The minimum atomic E-state index is -3.96. The standard InChI is InChI=1S/C22H25N3O4S/c1-22(2,3)29-21(26)18-11-8-12-19(15-18)25(16-17-9-6-5-7-10-17)30(27,28)20-13-14-24(4)23-20/h5-15H,16H2,1-4H3. The van der Waals surface area contributed by atoms with Gasteiger partial charge in [-0.1, -0.05) is 36.4 Å². The minimum Gasteiger partial charge on any atom is -0.456 e. The Bertz CT molecular complexity index is 1130. The van der Waals surface area contributed by atoms with Gasteiger partial charge in [0.25, 0.3) is 10.0 Å². The van der Waals surface area contributed by atoms with Crippen LogP contribution >= 0.6 is 0 Å². The number of sulfonamides is 1. The predicted octanol–water partition coefficient (Wildman–Crippen LogP) is 3.77. The first-order valence-electron chi connectivity index (χ1n) is 9.46. The van der Waals surface area contributed by atoms with Crippen LogP contribution in [0.1, 0.15) is 36.7 Å². The van der Waals surface area contributed by atoms with Crippen LogP contribution in [0.4, 0.5) is 5.69 Å². The molecule has 8 heteroatoms. The van der Waals surface area contributed by atoms with Gasteiger partial charge in [0.1, 0.15) is 5.60 Å². The van der Waals surface area contributed by atoms with Gasteiger partial charge in [-0.05, 0) is 50.6 Å². The van der Waals surface area contributed by atoms with Gasteiger partial charge in [-0.15, -0.1) is 0 Å². The summed E-state index contributed by atoms with van der Waals surface area (Å²) in [6.07, 6.45) is 1.57. The van der Waals surface area contributed by atoms with Crippen molar-refractivity contribution in [1.29, 1.82) is 0 Å². The Morgan fingerprint density at radius 2 is 1.77 bits per heavy atom. The summed E-state index contributed by atoms with van der Waals surface area (Å²) < 4.78 is 34.9. The number of benzene rings is 2. The number of esters is 1. The zero-order valence-corrected chi connectivity index (χ0v) is 18.3. The summed E-state index contributed by atoms with van der Waals surface area (Å²) in [7, 11) is -2.30. The van der Waals surface area contributed by atoms with Gasteiger partial charge in [0, 0.05) is 13.2 Å². The molecule has 0 aliphatic heterocycles. The molecule has 0 aliphatic carbocycles. The third kappa shape index (κ3) is 5.07. The first kappa shape index (κ1) is 21.6. The van der Waals surface area contributed by atoms with Crippen molar-refractivity contribution < 1.29 is 17.9 Å². The van der Waals surface area contributed by atoms with Gasteiger partial charge in [0.05, 0.1) is 17.8 Å². The first-order chi connectivity index (χ1) is 14.1. The summed E-state index contributed by atoms with van der Waals surface area (Å²) in [5.41, 5.74) is 0.779. The molecule has 1 aromatic heterocycles. The fourth-order valence-electron chi connectivity index (χ4n) is 2.83. The van der Waals surface area contributed by atoms with Crippen molar-refractivity contribution >= 4 is 21.7 Å². The van der Waals surface area contributed by atoms with Crippen LogP contribution < -0.4 is 4.31 Å². The quantitative estimate of drug-likeness (QED) is 0.560. The molecule has 0 amide bonds. The number of aryl methyl sites for hydroxylation is 1. The molecule has 3 rings (SSSR count). The molecule has 7 nitrogen and oxygen atoms in total. The Hall–Kier alpha value is -3.13. The number of hydrogen-bond donors (Lipinski definition) is 0. The van der Waals surface area contributed by atoms with Gasteiger partial charge < -0.3 is 4.74 Å². The highest BCUT2D eigenvalue weighted by Crippen LogP contribution is 2.27. The van der Waals surface area contributed by atoms with E-state index < -0.39 is 21.6 Å². The van der Waals surface area contributed by atoms with Crippen molar-refractivity contribution in [2.24, 2.45) is 7.05 Å². The Morgan fingerprint density at radius 1 is 1.07 bits per heavy atom. The maximum Gasteiger partial charge on any atom is 0.338 e. The molecule has 0 spiro atoms. The lowest BCUT2D eigenvalue weighted by Gasteiger charge is -2.24. The number of ether oxygens (including phenoxy) is 1. The van der Waals surface area contributed by atoms with E-state index in [1.807, 2.05) is 30.3 Å². The van der Waals surface area contributed by atoms with Crippen LogP contribution in [-0.2, 0) is 28.4 Å². The second kappa shape index (κ2) is 8.31. The van der Waals surface area contributed by atoms with Crippen LogP contribution in [0.3, 0.4) is 0 Å². The molecule has 0 unspecified atom stereocenters. The van der Waals surface area contributed by atoms with E-state index in [9.17, 15) is 13.2 Å². The number of hydrogen-bond acceptors (Lipinski definition) is 5. The molecule has 0 saturated carbocycles. The number of aromatic nitrogens is 2. The predicted molar refractivity (Wildman–Crippen MR) is 115 cm³/mol. The number of carbonyl (C=O) groups excluding carboxylic acids is 1. The summed E-state index contributed by atoms with van der Waals surface area (Å²) in [6, 6.07) is 17.1. The van der Waals surface area contributed by atoms with E-state index in [1.54, 1.807) is 52.2 Å². The van der Waals surface area contributed by atoms with E-state index in [0.29, 0.717) is 5.69 Å². The Labute approximate surface area is 177 Å². The van der Waals surface area contributed by atoms with E-state index >= 15 is 0 Å². The van der Waals surface area contributed by atoms with Gasteiger partial charge in [-0.2, -0.15) is 13.5 Å². The molecule has 158 valence electrons. The molecule has 3 aromatic rings. The summed E-state index contributed by atoms with van der Waals surface area (Å²) in [6.45, 7) is 5.43. The maximum atomic E-state index is 13.4. The van der Waals surface area contributed by atoms with Crippen LogP contribution in [0.15, 0.2) is 71.9 Å². The van der Waals surface area contributed by atoms with E-state index in [0.717, 1.165) is 5.56 Å². The fraction of sp³-hybridized carbons (Fsp3) is 0.273. The zero-order valence-electron chi connectivity index (χ0n) is 17.4. The molecule has 2 aromatic carbocycles. The number of rotatable bonds is 6. The SMILES string of the molecule is Cn1ccc(S(=O)(=O)N(Cc2ccccc2)c2cccc(C(=O)OC(C)(C)C)c2)n1. The van der Waals surface area contributed by atoms with E-state index in [1.165, 1.54) is 21.1 Å². The molecular weight excluding hydrogens is 402 g/mol. The Balaban J connectivity index is 2.04. The van der Waals surface area contributed by atoms with Crippen LogP contribution in [0, 0.1) is 0 Å². The van der Waals surface area contributed by atoms with E-state index in [4.69, 9.17) is 4.74 Å².